The molecule has 0 unspecified atom stereocenters. The van der Waals surface area contributed by atoms with Crippen LogP contribution in [0.15, 0.2) is 30.3 Å². The number of carbonyl (C=O) groups is 2. The SMILES string of the molecule is COC(=O)[C@@H](C)CCC(=O)NCc1ccccc1. The summed E-state index contributed by atoms with van der Waals surface area (Å²) in [6.07, 6.45) is 0.844. The Balaban J connectivity index is 2.24. The maximum atomic E-state index is 11.6. The topological polar surface area (TPSA) is 55.4 Å². The van der Waals surface area contributed by atoms with Gasteiger partial charge in [0.2, 0.25) is 5.91 Å². The van der Waals surface area contributed by atoms with Crippen LogP contribution < -0.4 is 5.32 Å². The Bertz CT molecular complexity index is 389. The highest BCUT2D eigenvalue weighted by Gasteiger charge is 2.14. The van der Waals surface area contributed by atoms with E-state index in [0.29, 0.717) is 19.4 Å². The van der Waals surface area contributed by atoms with Crippen molar-refractivity contribution >= 4 is 11.9 Å². The average molecular weight is 249 g/mol. The molecular formula is C14H19NO3. The van der Waals surface area contributed by atoms with E-state index in [1.165, 1.54) is 7.11 Å². The van der Waals surface area contributed by atoms with Gasteiger partial charge in [0, 0.05) is 13.0 Å². The summed E-state index contributed by atoms with van der Waals surface area (Å²) < 4.78 is 4.60. The molecule has 0 aliphatic carbocycles. The van der Waals surface area contributed by atoms with Gasteiger partial charge in [-0.25, -0.2) is 0 Å². The van der Waals surface area contributed by atoms with Gasteiger partial charge in [-0.3, -0.25) is 9.59 Å². The molecule has 0 aliphatic heterocycles. The number of carbonyl (C=O) groups excluding carboxylic acids is 2. The van der Waals surface area contributed by atoms with Crippen molar-refractivity contribution in [2.24, 2.45) is 5.92 Å². The molecule has 4 heteroatoms. The van der Waals surface area contributed by atoms with Gasteiger partial charge in [0.15, 0.2) is 0 Å². The zero-order chi connectivity index (χ0) is 13.4. The molecule has 0 bridgehead atoms. The minimum atomic E-state index is -0.272. The summed E-state index contributed by atoms with van der Waals surface area (Å²) in [5, 5.41) is 2.82. The number of esters is 1. The first-order valence-electron chi connectivity index (χ1n) is 6.02. The number of methoxy groups -OCH3 is 1. The predicted octanol–water partition coefficient (Wildman–Crippen LogP) is 1.89. The lowest BCUT2D eigenvalue weighted by Crippen LogP contribution is -2.24. The number of ether oxygens (including phenoxy) is 1. The molecule has 0 heterocycles. The lowest BCUT2D eigenvalue weighted by Gasteiger charge is -2.09. The maximum absolute atomic E-state index is 11.6. The molecule has 0 aliphatic rings. The standard InChI is InChI=1S/C14H19NO3/c1-11(14(17)18-2)8-9-13(16)15-10-12-6-4-3-5-7-12/h3-7,11H,8-10H2,1-2H3,(H,15,16)/t11-/m0/s1. The number of rotatable bonds is 6. The number of hydrogen-bond acceptors (Lipinski definition) is 3. The van der Waals surface area contributed by atoms with Gasteiger partial charge in [0.1, 0.15) is 0 Å². The van der Waals surface area contributed by atoms with E-state index in [4.69, 9.17) is 0 Å². The Morgan fingerprint density at radius 3 is 2.56 bits per heavy atom. The van der Waals surface area contributed by atoms with Crippen molar-refractivity contribution in [1.29, 1.82) is 0 Å². The van der Waals surface area contributed by atoms with Crippen LogP contribution in [0.3, 0.4) is 0 Å². The predicted molar refractivity (Wildman–Crippen MR) is 68.7 cm³/mol. The first-order valence-corrected chi connectivity index (χ1v) is 6.02. The van der Waals surface area contributed by atoms with Crippen molar-refractivity contribution in [3.63, 3.8) is 0 Å². The molecule has 1 N–H and O–H groups in total. The third-order valence-corrected chi connectivity index (χ3v) is 2.74. The van der Waals surface area contributed by atoms with Crippen LogP contribution in [0.1, 0.15) is 25.3 Å². The average Bonchev–Trinajstić information content (AvgIpc) is 2.42. The quantitative estimate of drug-likeness (QED) is 0.783. The summed E-state index contributed by atoms with van der Waals surface area (Å²) >= 11 is 0. The fourth-order valence-electron chi connectivity index (χ4n) is 1.55. The summed E-state index contributed by atoms with van der Waals surface area (Å²) in [6.45, 7) is 2.28. The molecule has 0 spiro atoms. The van der Waals surface area contributed by atoms with E-state index in [1.807, 2.05) is 30.3 Å². The van der Waals surface area contributed by atoms with Crippen molar-refractivity contribution < 1.29 is 14.3 Å². The molecule has 0 saturated heterocycles. The number of benzene rings is 1. The summed E-state index contributed by atoms with van der Waals surface area (Å²) in [5.41, 5.74) is 1.06. The zero-order valence-corrected chi connectivity index (χ0v) is 10.8. The third-order valence-electron chi connectivity index (χ3n) is 2.74. The molecule has 1 aromatic carbocycles. The van der Waals surface area contributed by atoms with Crippen molar-refractivity contribution in [2.75, 3.05) is 7.11 Å². The Hall–Kier alpha value is -1.84. The fraction of sp³-hybridized carbons (Fsp3) is 0.429. The van der Waals surface area contributed by atoms with E-state index < -0.39 is 0 Å². The lowest BCUT2D eigenvalue weighted by atomic mass is 10.1. The van der Waals surface area contributed by atoms with Gasteiger partial charge in [-0.15, -0.1) is 0 Å². The van der Waals surface area contributed by atoms with E-state index in [2.05, 4.69) is 10.1 Å². The van der Waals surface area contributed by atoms with E-state index in [1.54, 1.807) is 6.92 Å². The third kappa shape index (κ3) is 4.99. The molecule has 0 aromatic heterocycles. The number of hydrogen-bond donors (Lipinski definition) is 1. The molecule has 1 atom stereocenters. The highest BCUT2D eigenvalue weighted by molar-refractivity contribution is 5.77. The lowest BCUT2D eigenvalue weighted by molar-refractivity contribution is -0.145. The van der Waals surface area contributed by atoms with Crippen molar-refractivity contribution in [1.82, 2.24) is 5.32 Å². The van der Waals surface area contributed by atoms with Crippen LogP contribution in [0, 0.1) is 5.92 Å². The minimum Gasteiger partial charge on any atom is -0.469 e. The van der Waals surface area contributed by atoms with Crippen LogP contribution in [0.25, 0.3) is 0 Å². The molecule has 98 valence electrons. The second-order valence-electron chi connectivity index (χ2n) is 4.23. The Morgan fingerprint density at radius 2 is 1.94 bits per heavy atom. The van der Waals surface area contributed by atoms with Crippen molar-refractivity contribution in [3.05, 3.63) is 35.9 Å². The Kier molecular flexibility index (Phi) is 5.91. The van der Waals surface area contributed by atoms with Gasteiger partial charge in [-0.2, -0.15) is 0 Å². The smallest absolute Gasteiger partial charge is 0.308 e. The second-order valence-corrected chi connectivity index (χ2v) is 4.23. The van der Waals surface area contributed by atoms with Crippen LogP contribution in [-0.4, -0.2) is 19.0 Å². The highest BCUT2D eigenvalue weighted by Crippen LogP contribution is 2.07. The minimum absolute atomic E-state index is 0.0467. The first-order chi connectivity index (χ1) is 8.63. The summed E-state index contributed by atoms with van der Waals surface area (Å²) in [4.78, 5) is 22.7. The molecular weight excluding hydrogens is 230 g/mol. The maximum Gasteiger partial charge on any atom is 0.308 e. The van der Waals surface area contributed by atoms with E-state index in [0.717, 1.165) is 5.56 Å². The van der Waals surface area contributed by atoms with Crippen molar-refractivity contribution in [3.8, 4) is 0 Å². The summed E-state index contributed by atoms with van der Waals surface area (Å²) in [7, 11) is 1.36. The Labute approximate surface area is 107 Å². The highest BCUT2D eigenvalue weighted by atomic mass is 16.5. The van der Waals surface area contributed by atoms with E-state index >= 15 is 0 Å². The molecule has 1 amide bonds. The normalized spacial score (nSPS) is 11.7. The van der Waals surface area contributed by atoms with Crippen LogP contribution in [0.5, 0.6) is 0 Å². The molecule has 1 aromatic rings. The zero-order valence-electron chi connectivity index (χ0n) is 10.8. The fourth-order valence-corrected chi connectivity index (χ4v) is 1.55. The van der Waals surface area contributed by atoms with Crippen molar-refractivity contribution in [2.45, 2.75) is 26.3 Å². The van der Waals surface area contributed by atoms with Crippen LogP contribution in [0.2, 0.25) is 0 Å². The van der Waals surface area contributed by atoms with E-state index in [-0.39, 0.29) is 17.8 Å². The molecule has 0 saturated carbocycles. The van der Waals surface area contributed by atoms with Crippen LogP contribution in [0.4, 0.5) is 0 Å². The van der Waals surface area contributed by atoms with Crippen LogP contribution in [-0.2, 0) is 20.9 Å². The van der Waals surface area contributed by atoms with Gasteiger partial charge < -0.3 is 10.1 Å². The number of amides is 1. The summed E-state index contributed by atoms with van der Waals surface area (Å²) in [6, 6.07) is 9.71. The summed E-state index contributed by atoms with van der Waals surface area (Å²) in [5.74, 6) is -0.557. The molecule has 4 nitrogen and oxygen atoms in total. The largest absolute Gasteiger partial charge is 0.469 e. The van der Waals surface area contributed by atoms with Crippen LogP contribution >= 0.6 is 0 Å². The second kappa shape index (κ2) is 7.48. The van der Waals surface area contributed by atoms with Gasteiger partial charge in [-0.1, -0.05) is 37.3 Å². The van der Waals surface area contributed by atoms with Gasteiger partial charge in [-0.05, 0) is 12.0 Å². The Morgan fingerprint density at radius 1 is 1.28 bits per heavy atom. The molecule has 0 fully saturated rings. The van der Waals surface area contributed by atoms with Gasteiger partial charge in [0.25, 0.3) is 0 Å². The van der Waals surface area contributed by atoms with Gasteiger partial charge >= 0.3 is 5.97 Å². The number of nitrogens with one attached hydrogen (secondary N) is 1. The van der Waals surface area contributed by atoms with Gasteiger partial charge in [0.05, 0.1) is 13.0 Å². The monoisotopic (exact) mass is 249 g/mol. The molecule has 0 radical (unpaired) electrons. The first kappa shape index (κ1) is 14.2. The molecule has 1 rings (SSSR count). The van der Waals surface area contributed by atoms with E-state index in [9.17, 15) is 9.59 Å². The molecule has 18 heavy (non-hydrogen) atoms.